The van der Waals surface area contributed by atoms with Crippen LogP contribution in [0.1, 0.15) is 20.9 Å². The third-order valence-electron chi connectivity index (χ3n) is 4.99. The minimum Gasteiger partial charge on any atom is -0.376 e. The molecular formula is C20H27N3O2. The smallest absolute Gasteiger partial charge is 0.323 e. The molecule has 25 heavy (non-hydrogen) atoms. The number of hydrogen-bond acceptors (Lipinski definition) is 3. The van der Waals surface area contributed by atoms with Gasteiger partial charge in [0.15, 0.2) is 0 Å². The largest absolute Gasteiger partial charge is 0.376 e. The molecule has 134 valence electrons. The van der Waals surface area contributed by atoms with Crippen molar-refractivity contribution in [2.75, 3.05) is 19.7 Å². The van der Waals surface area contributed by atoms with Crippen LogP contribution in [0, 0.1) is 6.92 Å². The zero-order valence-corrected chi connectivity index (χ0v) is 14.6. The van der Waals surface area contributed by atoms with Gasteiger partial charge in [0.25, 0.3) is 0 Å². The molecule has 0 saturated carbocycles. The van der Waals surface area contributed by atoms with Gasteiger partial charge in [-0.1, -0.05) is 24.3 Å². The van der Waals surface area contributed by atoms with Gasteiger partial charge in [-0.25, -0.2) is 4.79 Å². The van der Waals surface area contributed by atoms with Crippen molar-refractivity contribution in [2.24, 2.45) is 0 Å². The first-order valence-electron chi connectivity index (χ1n) is 8.75. The van der Waals surface area contributed by atoms with E-state index >= 15 is 0 Å². The van der Waals surface area contributed by atoms with Crippen molar-refractivity contribution in [3.05, 3.63) is 58.0 Å². The van der Waals surface area contributed by atoms with Crippen LogP contribution >= 0.6 is 0 Å². The number of hydrogen-bond donors (Lipinski definition) is 2. The number of fused-ring (bicyclic) bond motifs is 1. The molecule has 5 nitrogen and oxygen atoms in total. The highest BCUT2D eigenvalue weighted by molar-refractivity contribution is 5.82. The molecule has 1 fully saturated rings. The Labute approximate surface area is 149 Å². The van der Waals surface area contributed by atoms with Gasteiger partial charge in [0.2, 0.25) is 0 Å². The molecule has 1 aliphatic heterocycles. The molecule has 1 aliphatic rings. The van der Waals surface area contributed by atoms with Crippen LogP contribution in [0.5, 0.6) is 0 Å². The van der Waals surface area contributed by atoms with Crippen LogP contribution < -0.4 is 5.69 Å². The number of nitrogens with one attached hydrogen (secondary N) is 2. The Hall–Kier alpha value is -2.37. The normalized spacial score (nSPS) is 18.7. The molecule has 5 heteroatoms. The van der Waals surface area contributed by atoms with Gasteiger partial charge in [-0.05, 0) is 48.2 Å². The monoisotopic (exact) mass is 341 g/mol. The second kappa shape index (κ2) is 6.50. The van der Waals surface area contributed by atoms with Gasteiger partial charge in [-0.15, -0.1) is 0 Å². The Morgan fingerprint density at radius 1 is 1.24 bits per heavy atom. The first kappa shape index (κ1) is 16.1. The van der Waals surface area contributed by atoms with E-state index < -0.39 is 0 Å². The van der Waals surface area contributed by atoms with Crippen LogP contribution in [-0.4, -0.2) is 40.7 Å². The molecule has 1 aromatic heterocycles. The molecule has 1 saturated heterocycles. The number of rotatable bonds is 3. The van der Waals surface area contributed by atoms with Crippen LogP contribution in [0.15, 0.2) is 41.2 Å². The van der Waals surface area contributed by atoms with E-state index in [1.165, 1.54) is 16.7 Å². The second-order valence-electron chi connectivity index (χ2n) is 6.85. The van der Waals surface area contributed by atoms with E-state index in [9.17, 15) is 4.79 Å². The summed E-state index contributed by atoms with van der Waals surface area (Å²) in [7, 11) is 0. The SMILES string of the molecule is Cc1c(CN2CCOC(C)C2)cccc1-c1ccc2[nH]c(=O)[nH]c2c1.[HH].[HH]. The number of H-pyrrole nitrogens is 2. The molecule has 2 N–H and O–H groups in total. The third-order valence-corrected chi connectivity index (χ3v) is 4.99. The number of nitrogens with zero attached hydrogens (tertiary/aromatic N) is 1. The van der Waals surface area contributed by atoms with Gasteiger partial charge in [0.05, 0.1) is 23.7 Å². The first-order chi connectivity index (χ1) is 12.1. The molecule has 0 spiro atoms. The zero-order valence-electron chi connectivity index (χ0n) is 14.6. The maximum Gasteiger partial charge on any atom is 0.323 e. The summed E-state index contributed by atoms with van der Waals surface area (Å²) in [5.41, 5.74) is 6.48. The summed E-state index contributed by atoms with van der Waals surface area (Å²) in [5.74, 6) is 0. The summed E-state index contributed by atoms with van der Waals surface area (Å²) < 4.78 is 5.64. The fraction of sp³-hybridized carbons (Fsp3) is 0.350. The molecule has 0 radical (unpaired) electrons. The topological polar surface area (TPSA) is 61.1 Å². The number of benzene rings is 2. The highest BCUT2D eigenvalue weighted by Crippen LogP contribution is 2.28. The van der Waals surface area contributed by atoms with Crippen molar-refractivity contribution < 1.29 is 7.59 Å². The van der Waals surface area contributed by atoms with Crippen molar-refractivity contribution in [2.45, 2.75) is 26.5 Å². The van der Waals surface area contributed by atoms with Gasteiger partial charge >= 0.3 is 5.69 Å². The van der Waals surface area contributed by atoms with Crippen molar-refractivity contribution in [1.29, 1.82) is 0 Å². The van der Waals surface area contributed by atoms with E-state index in [0.29, 0.717) is 6.10 Å². The minimum atomic E-state index is -0.168. The molecule has 2 aromatic carbocycles. The Morgan fingerprint density at radius 3 is 2.92 bits per heavy atom. The third kappa shape index (κ3) is 3.25. The van der Waals surface area contributed by atoms with Crippen LogP contribution in [0.25, 0.3) is 22.2 Å². The summed E-state index contributed by atoms with van der Waals surface area (Å²) in [6.45, 7) is 8.00. The van der Waals surface area contributed by atoms with Gasteiger partial charge in [0, 0.05) is 22.5 Å². The Balaban J connectivity index is 0.00000131. The fourth-order valence-corrected chi connectivity index (χ4v) is 3.64. The molecule has 3 aromatic rings. The van der Waals surface area contributed by atoms with Crippen molar-refractivity contribution in [3.8, 4) is 11.1 Å². The molecule has 0 aliphatic carbocycles. The lowest BCUT2D eigenvalue weighted by Crippen LogP contribution is -2.40. The average Bonchev–Trinajstić information content (AvgIpc) is 2.96. The molecule has 1 atom stereocenters. The lowest BCUT2D eigenvalue weighted by Gasteiger charge is -2.31. The number of morpholine rings is 1. The van der Waals surface area contributed by atoms with E-state index in [4.69, 9.17) is 4.74 Å². The standard InChI is InChI=1S/C20H23N3O2.2H2/c1-13-11-23(8-9-25-13)12-16-4-3-5-17(14(16)2)15-6-7-18-19(10-15)22-20(24)21-18;;/h3-7,10,13H,8-9,11-12H2,1-2H3,(H2,21,22,24);2*1H. The number of ether oxygens (including phenoxy) is 1. The fourth-order valence-electron chi connectivity index (χ4n) is 3.64. The zero-order chi connectivity index (χ0) is 17.4. The molecular weight excluding hydrogens is 314 g/mol. The minimum absolute atomic E-state index is 0. The van der Waals surface area contributed by atoms with Crippen LogP contribution in [0.2, 0.25) is 0 Å². The Morgan fingerprint density at radius 2 is 2.08 bits per heavy atom. The summed E-state index contributed by atoms with van der Waals surface area (Å²) in [6.07, 6.45) is 0.296. The van der Waals surface area contributed by atoms with Crippen LogP contribution in [0.3, 0.4) is 0 Å². The summed E-state index contributed by atoms with van der Waals surface area (Å²) >= 11 is 0. The highest BCUT2D eigenvalue weighted by atomic mass is 16.5. The quantitative estimate of drug-likeness (QED) is 0.766. The maximum absolute atomic E-state index is 11.5. The molecule has 1 unspecified atom stereocenters. The van der Waals surface area contributed by atoms with E-state index in [1.807, 2.05) is 12.1 Å². The number of aromatic nitrogens is 2. The number of imidazole rings is 1. The Bertz CT molecular complexity index is 967. The van der Waals surface area contributed by atoms with Gasteiger partial charge in [-0.2, -0.15) is 0 Å². The summed E-state index contributed by atoms with van der Waals surface area (Å²) in [6, 6.07) is 12.5. The molecule has 2 heterocycles. The van der Waals surface area contributed by atoms with E-state index in [0.717, 1.165) is 42.8 Å². The predicted molar refractivity (Wildman–Crippen MR) is 104 cm³/mol. The van der Waals surface area contributed by atoms with Crippen LogP contribution in [0.4, 0.5) is 0 Å². The molecule has 4 rings (SSSR count). The number of aromatic amines is 2. The van der Waals surface area contributed by atoms with Crippen LogP contribution in [-0.2, 0) is 11.3 Å². The van der Waals surface area contributed by atoms with E-state index in [-0.39, 0.29) is 8.54 Å². The molecule has 0 bridgehead atoms. The summed E-state index contributed by atoms with van der Waals surface area (Å²) in [5, 5.41) is 0. The highest BCUT2D eigenvalue weighted by Gasteiger charge is 2.18. The van der Waals surface area contributed by atoms with E-state index in [1.54, 1.807) is 0 Å². The van der Waals surface area contributed by atoms with E-state index in [2.05, 4.69) is 53.0 Å². The van der Waals surface area contributed by atoms with Crippen molar-refractivity contribution >= 4 is 11.0 Å². The van der Waals surface area contributed by atoms with Gasteiger partial charge < -0.3 is 14.7 Å². The molecule has 0 amide bonds. The van der Waals surface area contributed by atoms with Crippen molar-refractivity contribution in [3.63, 3.8) is 0 Å². The van der Waals surface area contributed by atoms with Gasteiger partial charge in [0.1, 0.15) is 0 Å². The predicted octanol–water partition coefficient (Wildman–Crippen LogP) is 3.54. The first-order valence-corrected chi connectivity index (χ1v) is 8.75. The lowest BCUT2D eigenvalue weighted by molar-refractivity contribution is -0.0212. The maximum atomic E-state index is 11.5. The summed E-state index contributed by atoms with van der Waals surface area (Å²) in [4.78, 5) is 19.6. The van der Waals surface area contributed by atoms with Crippen molar-refractivity contribution in [1.82, 2.24) is 14.9 Å². The Kier molecular flexibility index (Phi) is 4.19. The second-order valence-corrected chi connectivity index (χ2v) is 6.85. The average molecular weight is 341 g/mol. The van der Waals surface area contributed by atoms with Gasteiger partial charge in [-0.3, -0.25) is 4.90 Å². The lowest BCUT2D eigenvalue weighted by atomic mass is 9.96.